The molecule has 0 rings (SSSR count). The van der Waals surface area contributed by atoms with Crippen molar-refractivity contribution in [1.82, 2.24) is 0 Å². The molecule has 0 fully saturated rings. The van der Waals surface area contributed by atoms with Gasteiger partial charge >= 0.3 is 0 Å². The van der Waals surface area contributed by atoms with Crippen LogP contribution >= 0.6 is 8.58 Å². The summed E-state index contributed by atoms with van der Waals surface area (Å²) in [5.74, 6) is 0. The highest BCUT2D eigenvalue weighted by Crippen LogP contribution is 2.11. The van der Waals surface area contributed by atoms with Gasteiger partial charge < -0.3 is 4.74 Å². The molecule has 0 aromatic carbocycles. The van der Waals surface area contributed by atoms with Gasteiger partial charge in [-0.3, -0.25) is 0 Å². The van der Waals surface area contributed by atoms with Crippen LogP contribution in [0.25, 0.3) is 0 Å². The minimum atomic E-state index is 0.858. The first-order chi connectivity index (χ1) is 5.41. The van der Waals surface area contributed by atoms with E-state index in [-0.39, 0.29) is 0 Å². The maximum absolute atomic E-state index is 5.23. The minimum absolute atomic E-state index is 0.858. The summed E-state index contributed by atoms with van der Waals surface area (Å²) in [6, 6.07) is 0. The lowest BCUT2D eigenvalue weighted by atomic mass is 10.3. The van der Waals surface area contributed by atoms with Crippen LogP contribution in [0.2, 0.25) is 0 Å². The molecule has 0 aromatic rings. The van der Waals surface area contributed by atoms with Crippen molar-refractivity contribution in [2.75, 3.05) is 25.5 Å². The van der Waals surface area contributed by atoms with Crippen LogP contribution in [0.1, 0.15) is 19.8 Å². The maximum atomic E-state index is 5.23. The van der Waals surface area contributed by atoms with Crippen molar-refractivity contribution in [1.29, 1.82) is 0 Å². The molecular weight excluding hydrogens is 155 g/mol. The highest BCUT2D eigenvalue weighted by molar-refractivity contribution is 7.37. The van der Waals surface area contributed by atoms with Crippen molar-refractivity contribution < 1.29 is 4.74 Å². The van der Waals surface area contributed by atoms with Gasteiger partial charge in [-0.25, -0.2) is 0 Å². The highest BCUT2D eigenvalue weighted by atomic mass is 31.1. The Morgan fingerprint density at radius 1 is 1.45 bits per heavy atom. The molecule has 0 saturated carbocycles. The normalized spacial score (nSPS) is 11.0. The number of rotatable bonds is 8. The molecule has 0 aliphatic carbocycles. The van der Waals surface area contributed by atoms with E-state index in [9.17, 15) is 0 Å². The number of unbranched alkanes of at least 4 members (excludes halogenated alkanes) is 1. The molecule has 0 aliphatic heterocycles. The minimum Gasteiger partial charge on any atom is -0.381 e. The molecular formula is C9H19OP. The third kappa shape index (κ3) is 10.1. The van der Waals surface area contributed by atoms with Crippen LogP contribution in [0.4, 0.5) is 0 Å². The number of allylic oxidation sites excluding steroid dienone is 1. The second-order valence-electron chi connectivity index (χ2n) is 2.38. The number of ether oxygens (including phenoxy) is 1. The monoisotopic (exact) mass is 174 g/mol. The molecule has 2 heteroatoms. The van der Waals surface area contributed by atoms with Crippen LogP contribution in [0.3, 0.4) is 0 Å². The van der Waals surface area contributed by atoms with Gasteiger partial charge in [0.15, 0.2) is 0 Å². The smallest absolute Gasteiger partial charge is 0.0502 e. The molecule has 1 atom stereocenters. The molecule has 0 aliphatic rings. The Bertz CT molecular complexity index is 83.6. The summed E-state index contributed by atoms with van der Waals surface area (Å²) >= 11 is 0. The molecule has 0 radical (unpaired) electrons. The predicted molar refractivity (Wildman–Crippen MR) is 54.0 cm³/mol. The molecule has 66 valence electrons. The SMILES string of the molecule is C=CCCCPCCOCC. The fourth-order valence-electron chi connectivity index (χ4n) is 0.785. The van der Waals surface area contributed by atoms with Crippen LogP contribution in [0.15, 0.2) is 12.7 Å². The second-order valence-corrected chi connectivity index (χ2v) is 3.88. The van der Waals surface area contributed by atoms with Crippen LogP contribution < -0.4 is 0 Å². The fourth-order valence-corrected chi connectivity index (χ4v) is 1.78. The van der Waals surface area contributed by atoms with E-state index in [4.69, 9.17) is 4.74 Å². The summed E-state index contributed by atoms with van der Waals surface area (Å²) in [4.78, 5) is 0. The summed E-state index contributed by atoms with van der Waals surface area (Å²) in [6.45, 7) is 7.53. The maximum Gasteiger partial charge on any atom is 0.0502 e. The van der Waals surface area contributed by atoms with Crippen LogP contribution in [0.5, 0.6) is 0 Å². The third-order valence-corrected chi connectivity index (χ3v) is 2.65. The van der Waals surface area contributed by atoms with E-state index in [1.807, 2.05) is 13.0 Å². The molecule has 11 heavy (non-hydrogen) atoms. The summed E-state index contributed by atoms with van der Waals surface area (Å²) in [7, 11) is 1.08. The fraction of sp³-hybridized carbons (Fsp3) is 0.778. The molecule has 0 saturated heterocycles. The molecule has 0 N–H and O–H groups in total. The Hall–Kier alpha value is 0.130. The largest absolute Gasteiger partial charge is 0.381 e. The zero-order valence-corrected chi connectivity index (χ0v) is 8.44. The van der Waals surface area contributed by atoms with E-state index in [2.05, 4.69) is 6.58 Å². The highest BCUT2D eigenvalue weighted by Gasteiger charge is 1.87. The first-order valence-electron chi connectivity index (χ1n) is 4.31. The molecule has 1 nitrogen and oxygen atoms in total. The third-order valence-electron chi connectivity index (χ3n) is 1.39. The van der Waals surface area contributed by atoms with Gasteiger partial charge in [-0.2, -0.15) is 0 Å². The van der Waals surface area contributed by atoms with E-state index in [0.29, 0.717) is 0 Å². The van der Waals surface area contributed by atoms with Gasteiger partial charge in [0.05, 0.1) is 6.61 Å². The summed E-state index contributed by atoms with van der Waals surface area (Å²) in [5, 5.41) is 0. The first-order valence-corrected chi connectivity index (χ1v) is 5.72. The Morgan fingerprint density at radius 2 is 2.27 bits per heavy atom. The van der Waals surface area contributed by atoms with Gasteiger partial charge in [0, 0.05) is 6.61 Å². The Kier molecular flexibility index (Phi) is 10.2. The van der Waals surface area contributed by atoms with Crippen LogP contribution in [-0.2, 0) is 4.74 Å². The zero-order valence-electron chi connectivity index (χ0n) is 7.44. The van der Waals surface area contributed by atoms with Gasteiger partial charge in [0.2, 0.25) is 0 Å². The van der Waals surface area contributed by atoms with Crippen molar-refractivity contribution in [2.24, 2.45) is 0 Å². The van der Waals surface area contributed by atoms with E-state index in [1.165, 1.54) is 25.2 Å². The van der Waals surface area contributed by atoms with Gasteiger partial charge in [-0.15, -0.1) is 15.2 Å². The average Bonchev–Trinajstić information content (AvgIpc) is 2.03. The van der Waals surface area contributed by atoms with Crippen molar-refractivity contribution in [3.63, 3.8) is 0 Å². The van der Waals surface area contributed by atoms with Crippen LogP contribution in [0, 0.1) is 0 Å². The zero-order chi connectivity index (χ0) is 8.36. The predicted octanol–water partition coefficient (Wildman–Crippen LogP) is 2.67. The molecule has 0 heterocycles. The van der Waals surface area contributed by atoms with Gasteiger partial charge in [-0.05, 0) is 32.1 Å². The average molecular weight is 174 g/mol. The van der Waals surface area contributed by atoms with Crippen molar-refractivity contribution in [3.05, 3.63) is 12.7 Å². The Balaban J connectivity index is 2.74. The summed E-state index contributed by atoms with van der Waals surface area (Å²) < 4.78 is 5.23. The topological polar surface area (TPSA) is 9.23 Å². The molecule has 0 spiro atoms. The second kappa shape index (κ2) is 10.1. The Labute approximate surface area is 72.0 Å². The van der Waals surface area contributed by atoms with Gasteiger partial charge in [0.1, 0.15) is 0 Å². The van der Waals surface area contributed by atoms with Crippen molar-refractivity contribution >= 4 is 8.58 Å². The molecule has 0 amide bonds. The van der Waals surface area contributed by atoms with Gasteiger partial charge in [0.25, 0.3) is 0 Å². The number of hydrogen-bond acceptors (Lipinski definition) is 1. The van der Waals surface area contributed by atoms with Crippen LogP contribution in [-0.4, -0.2) is 25.5 Å². The molecule has 0 bridgehead atoms. The quantitative estimate of drug-likeness (QED) is 0.312. The van der Waals surface area contributed by atoms with Crippen molar-refractivity contribution in [2.45, 2.75) is 19.8 Å². The first kappa shape index (κ1) is 11.1. The van der Waals surface area contributed by atoms with E-state index in [0.717, 1.165) is 21.8 Å². The van der Waals surface area contributed by atoms with Crippen molar-refractivity contribution in [3.8, 4) is 0 Å². The Morgan fingerprint density at radius 3 is 2.91 bits per heavy atom. The van der Waals surface area contributed by atoms with E-state index >= 15 is 0 Å². The molecule has 0 aromatic heterocycles. The van der Waals surface area contributed by atoms with E-state index in [1.54, 1.807) is 0 Å². The lowest BCUT2D eigenvalue weighted by Gasteiger charge is -2.00. The van der Waals surface area contributed by atoms with E-state index < -0.39 is 0 Å². The van der Waals surface area contributed by atoms with Gasteiger partial charge in [-0.1, -0.05) is 6.08 Å². The standard InChI is InChI=1S/C9H19OP/c1-3-5-6-8-11-9-7-10-4-2/h3,11H,1,4-9H2,2H3. The molecule has 1 unspecified atom stereocenters. The number of hydrogen-bond donors (Lipinski definition) is 0. The lowest BCUT2D eigenvalue weighted by Crippen LogP contribution is -1.95. The lowest BCUT2D eigenvalue weighted by molar-refractivity contribution is 0.164. The summed E-state index contributed by atoms with van der Waals surface area (Å²) in [5.41, 5.74) is 0. The summed E-state index contributed by atoms with van der Waals surface area (Å²) in [6.07, 6.45) is 7.05.